The van der Waals surface area contributed by atoms with Crippen molar-refractivity contribution in [3.63, 3.8) is 0 Å². The van der Waals surface area contributed by atoms with E-state index in [0.717, 1.165) is 31.7 Å². The molecule has 2 heteroatoms. The minimum absolute atomic E-state index is 0.0966. The SMILES string of the molecule is CC1CC2(CCNC2=O)C1. The highest BCUT2D eigenvalue weighted by Crippen LogP contribution is 2.49. The van der Waals surface area contributed by atoms with Crippen LogP contribution in [0.5, 0.6) is 0 Å². The van der Waals surface area contributed by atoms with Crippen LogP contribution in [0.2, 0.25) is 0 Å². The fraction of sp³-hybridized carbons (Fsp3) is 0.875. The van der Waals surface area contributed by atoms with Crippen molar-refractivity contribution in [3.8, 4) is 0 Å². The Balaban J connectivity index is 2.10. The van der Waals surface area contributed by atoms with E-state index in [9.17, 15) is 4.79 Å². The maximum atomic E-state index is 11.2. The molecule has 1 saturated heterocycles. The molecule has 0 bridgehead atoms. The third-order valence-electron chi connectivity index (χ3n) is 2.85. The molecule has 2 rings (SSSR count). The molecule has 2 nitrogen and oxygen atoms in total. The van der Waals surface area contributed by atoms with E-state index in [4.69, 9.17) is 0 Å². The van der Waals surface area contributed by atoms with Gasteiger partial charge in [-0.1, -0.05) is 6.92 Å². The normalized spacial score (nSPS) is 45.3. The Morgan fingerprint density at radius 1 is 1.60 bits per heavy atom. The van der Waals surface area contributed by atoms with Gasteiger partial charge in [0.15, 0.2) is 0 Å². The van der Waals surface area contributed by atoms with E-state index in [1.54, 1.807) is 0 Å². The molecule has 1 spiro atoms. The first-order valence-electron chi connectivity index (χ1n) is 4.01. The summed E-state index contributed by atoms with van der Waals surface area (Å²) < 4.78 is 0. The number of hydrogen-bond acceptors (Lipinski definition) is 1. The molecule has 56 valence electrons. The fourth-order valence-electron chi connectivity index (χ4n) is 2.38. The van der Waals surface area contributed by atoms with Gasteiger partial charge in [-0.3, -0.25) is 4.79 Å². The van der Waals surface area contributed by atoms with Crippen LogP contribution in [-0.4, -0.2) is 12.5 Å². The zero-order valence-corrected chi connectivity index (χ0v) is 6.31. The van der Waals surface area contributed by atoms with E-state index >= 15 is 0 Å². The largest absolute Gasteiger partial charge is 0.356 e. The van der Waals surface area contributed by atoms with E-state index in [0.29, 0.717) is 5.91 Å². The van der Waals surface area contributed by atoms with Gasteiger partial charge in [-0.25, -0.2) is 0 Å². The highest BCUT2D eigenvalue weighted by atomic mass is 16.2. The van der Waals surface area contributed by atoms with Crippen LogP contribution in [0.25, 0.3) is 0 Å². The number of hydrogen-bond donors (Lipinski definition) is 1. The molecule has 1 saturated carbocycles. The average molecular weight is 139 g/mol. The smallest absolute Gasteiger partial charge is 0.226 e. The van der Waals surface area contributed by atoms with Crippen LogP contribution in [0.3, 0.4) is 0 Å². The van der Waals surface area contributed by atoms with Gasteiger partial charge >= 0.3 is 0 Å². The molecule has 0 aromatic rings. The summed E-state index contributed by atoms with van der Waals surface area (Å²) in [4.78, 5) is 11.2. The molecule has 0 aromatic heterocycles. The van der Waals surface area contributed by atoms with Crippen LogP contribution in [0.4, 0.5) is 0 Å². The fourth-order valence-corrected chi connectivity index (χ4v) is 2.38. The van der Waals surface area contributed by atoms with Crippen LogP contribution in [-0.2, 0) is 4.79 Å². The monoisotopic (exact) mass is 139 g/mol. The van der Waals surface area contributed by atoms with Crippen molar-refractivity contribution < 1.29 is 4.79 Å². The van der Waals surface area contributed by atoms with E-state index in [1.807, 2.05) is 0 Å². The van der Waals surface area contributed by atoms with Crippen LogP contribution < -0.4 is 5.32 Å². The molecule has 0 radical (unpaired) electrons. The van der Waals surface area contributed by atoms with Gasteiger partial charge in [0.1, 0.15) is 0 Å². The van der Waals surface area contributed by atoms with Gasteiger partial charge in [0.05, 0.1) is 5.41 Å². The van der Waals surface area contributed by atoms with Crippen molar-refractivity contribution in [3.05, 3.63) is 0 Å². The highest BCUT2D eigenvalue weighted by molar-refractivity contribution is 5.85. The van der Waals surface area contributed by atoms with Gasteiger partial charge in [-0.2, -0.15) is 0 Å². The summed E-state index contributed by atoms with van der Waals surface area (Å²) in [5, 5.41) is 2.89. The summed E-state index contributed by atoms with van der Waals surface area (Å²) in [6.45, 7) is 3.13. The van der Waals surface area contributed by atoms with Crippen molar-refractivity contribution in [2.45, 2.75) is 26.2 Å². The number of nitrogens with one attached hydrogen (secondary N) is 1. The lowest BCUT2D eigenvalue weighted by molar-refractivity contribution is -0.134. The molecular formula is C8H13NO. The van der Waals surface area contributed by atoms with Crippen molar-refractivity contribution in [1.29, 1.82) is 0 Å². The summed E-state index contributed by atoms with van der Waals surface area (Å²) >= 11 is 0. The molecule has 1 heterocycles. The minimum Gasteiger partial charge on any atom is -0.356 e. The van der Waals surface area contributed by atoms with Gasteiger partial charge in [0.25, 0.3) is 0 Å². The quantitative estimate of drug-likeness (QED) is 0.531. The van der Waals surface area contributed by atoms with Crippen molar-refractivity contribution in [2.75, 3.05) is 6.54 Å². The van der Waals surface area contributed by atoms with Gasteiger partial charge < -0.3 is 5.32 Å². The lowest BCUT2D eigenvalue weighted by Crippen LogP contribution is -2.41. The van der Waals surface area contributed by atoms with Crippen molar-refractivity contribution in [1.82, 2.24) is 5.32 Å². The molecule has 10 heavy (non-hydrogen) atoms. The third-order valence-corrected chi connectivity index (χ3v) is 2.85. The maximum absolute atomic E-state index is 11.2. The Morgan fingerprint density at radius 2 is 2.30 bits per heavy atom. The van der Waals surface area contributed by atoms with Crippen LogP contribution >= 0.6 is 0 Å². The first kappa shape index (κ1) is 6.20. The number of carbonyl (C=O) groups is 1. The Hall–Kier alpha value is -0.530. The second-order valence-electron chi connectivity index (χ2n) is 3.80. The molecule has 0 atom stereocenters. The van der Waals surface area contributed by atoms with Gasteiger partial charge in [0.2, 0.25) is 5.91 Å². The second-order valence-corrected chi connectivity index (χ2v) is 3.80. The topological polar surface area (TPSA) is 29.1 Å². The Kier molecular flexibility index (Phi) is 1.08. The molecule has 2 fully saturated rings. The van der Waals surface area contributed by atoms with E-state index in [2.05, 4.69) is 12.2 Å². The zero-order valence-electron chi connectivity index (χ0n) is 6.31. The number of rotatable bonds is 0. The molecule has 1 aliphatic heterocycles. The van der Waals surface area contributed by atoms with Gasteiger partial charge in [-0.15, -0.1) is 0 Å². The lowest BCUT2D eigenvalue weighted by atomic mass is 9.62. The first-order valence-corrected chi connectivity index (χ1v) is 4.01. The first-order chi connectivity index (χ1) is 4.73. The minimum atomic E-state index is 0.0966. The molecule has 1 N–H and O–H groups in total. The van der Waals surface area contributed by atoms with E-state index in [-0.39, 0.29) is 5.41 Å². The number of amides is 1. The molecule has 0 unspecified atom stereocenters. The predicted molar refractivity (Wildman–Crippen MR) is 38.5 cm³/mol. The third kappa shape index (κ3) is 0.619. The van der Waals surface area contributed by atoms with Crippen molar-refractivity contribution >= 4 is 5.91 Å². The summed E-state index contributed by atoms with van der Waals surface area (Å²) in [7, 11) is 0. The summed E-state index contributed by atoms with van der Waals surface area (Å²) in [5.41, 5.74) is 0.0966. The van der Waals surface area contributed by atoms with Crippen LogP contribution in [0.1, 0.15) is 26.2 Å². The average Bonchev–Trinajstić information content (AvgIpc) is 2.12. The van der Waals surface area contributed by atoms with Crippen LogP contribution in [0.15, 0.2) is 0 Å². The predicted octanol–water partition coefficient (Wildman–Crippen LogP) is 0.923. The maximum Gasteiger partial charge on any atom is 0.226 e. The number of carbonyl (C=O) groups excluding carboxylic acids is 1. The summed E-state index contributed by atoms with van der Waals surface area (Å²) in [5.74, 6) is 1.09. The second kappa shape index (κ2) is 1.74. The zero-order chi connectivity index (χ0) is 7.19. The highest BCUT2D eigenvalue weighted by Gasteiger charge is 2.50. The summed E-state index contributed by atoms with van der Waals surface area (Å²) in [6.07, 6.45) is 3.33. The molecule has 1 amide bonds. The Bertz CT molecular complexity index is 170. The Morgan fingerprint density at radius 3 is 2.70 bits per heavy atom. The van der Waals surface area contributed by atoms with E-state index < -0.39 is 0 Å². The summed E-state index contributed by atoms with van der Waals surface area (Å²) in [6, 6.07) is 0. The molecule has 0 aromatic carbocycles. The lowest BCUT2D eigenvalue weighted by Gasteiger charge is -2.40. The molecule has 2 aliphatic rings. The molecular weight excluding hydrogens is 126 g/mol. The van der Waals surface area contributed by atoms with Crippen molar-refractivity contribution in [2.24, 2.45) is 11.3 Å². The van der Waals surface area contributed by atoms with Crippen LogP contribution in [0, 0.1) is 11.3 Å². The molecule has 1 aliphatic carbocycles. The van der Waals surface area contributed by atoms with Gasteiger partial charge in [-0.05, 0) is 25.2 Å². The van der Waals surface area contributed by atoms with Gasteiger partial charge in [0, 0.05) is 6.54 Å². The standard InChI is InChI=1S/C8H13NO/c1-6-4-8(5-6)2-3-9-7(8)10/h6H,2-5H2,1H3,(H,9,10). The Labute approximate surface area is 61.0 Å². The van der Waals surface area contributed by atoms with E-state index in [1.165, 1.54) is 0 Å².